The lowest BCUT2D eigenvalue weighted by Gasteiger charge is -2.17. The van der Waals surface area contributed by atoms with E-state index in [4.69, 9.17) is 4.74 Å². The monoisotopic (exact) mass is 222 g/mol. The summed E-state index contributed by atoms with van der Waals surface area (Å²) in [6.07, 6.45) is 5.82. The minimum absolute atomic E-state index is 0.487. The zero-order valence-electron chi connectivity index (χ0n) is 10.3. The van der Waals surface area contributed by atoms with Gasteiger partial charge in [-0.2, -0.15) is 0 Å². The van der Waals surface area contributed by atoms with Crippen LogP contribution >= 0.6 is 0 Å². The van der Waals surface area contributed by atoms with Crippen LogP contribution in [0.4, 0.5) is 0 Å². The maximum absolute atomic E-state index is 5.39. The molecule has 0 saturated heterocycles. The molecule has 0 aliphatic carbocycles. The van der Waals surface area contributed by atoms with Gasteiger partial charge in [-0.3, -0.25) is 4.98 Å². The second kappa shape index (κ2) is 8.25. The molecule has 1 heterocycles. The summed E-state index contributed by atoms with van der Waals surface area (Å²) in [6.45, 7) is 6.79. The lowest BCUT2D eigenvalue weighted by molar-refractivity contribution is 0.136. The molecular weight excluding hydrogens is 200 g/mol. The maximum Gasteiger partial charge on any atom is 0.0480 e. The van der Waals surface area contributed by atoms with Crippen LogP contribution in [0, 0.1) is 0 Å². The first-order chi connectivity index (χ1) is 7.86. The van der Waals surface area contributed by atoms with Crippen LogP contribution in [-0.4, -0.2) is 30.8 Å². The summed E-state index contributed by atoms with van der Waals surface area (Å²) in [4.78, 5) is 4.14. The van der Waals surface area contributed by atoms with E-state index in [1.54, 1.807) is 0 Å². The molecule has 3 heteroatoms. The first-order valence-corrected chi connectivity index (χ1v) is 6.06. The van der Waals surface area contributed by atoms with E-state index in [9.17, 15) is 0 Å². The topological polar surface area (TPSA) is 34.1 Å². The van der Waals surface area contributed by atoms with E-state index in [2.05, 4.69) is 23.3 Å². The van der Waals surface area contributed by atoms with E-state index >= 15 is 0 Å². The van der Waals surface area contributed by atoms with Crippen LogP contribution in [0.5, 0.6) is 0 Å². The molecule has 0 aromatic carbocycles. The standard InChI is InChI=1S/C13H22N2O/c1-3-15-13(7-9-16-4-2)10-12-6-5-8-14-11-12/h5-6,8,11,13,15H,3-4,7,9-10H2,1-2H3. The first-order valence-electron chi connectivity index (χ1n) is 6.06. The molecule has 0 aliphatic rings. The second-order valence-corrected chi connectivity index (χ2v) is 3.81. The van der Waals surface area contributed by atoms with Gasteiger partial charge in [0.1, 0.15) is 0 Å². The zero-order chi connectivity index (χ0) is 11.6. The van der Waals surface area contributed by atoms with E-state index in [1.165, 1.54) is 5.56 Å². The van der Waals surface area contributed by atoms with E-state index in [1.807, 2.05) is 25.4 Å². The van der Waals surface area contributed by atoms with Crippen LogP contribution in [0.2, 0.25) is 0 Å². The molecule has 1 aromatic rings. The van der Waals surface area contributed by atoms with Gasteiger partial charge in [0.05, 0.1) is 0 Å². The number of pyridine rings is 1. The average molecular weight is 222 g/mol. The highest BCUT2D eigenvalue weighted by atomic mass is 16.5. The quantitative estimate of drug-likeness (QED) is 0.683. The van der Waals surface area contributed by atoms with Crippen molar-refractivity contribution in [1.82, 2.24) is 10.3 Å². The van der Waals surface area contributed by atoms with Crippen LogP contribution in [0.15, 0.2) is 24.5 Å². The molecule has 90 valence electrons. The molecule has 0 fully saturated rings. The summed E-state index contributed by atoms with van der Waals surface area (Å²) in [5.41, 5.74) is 1.28. The molecule has 1 rings (SSSR count). The van der Waals surface area contributed by atoms with Gasteiger partial charge in [-0.05, 0) is 37.9 Å². The van der Waals surface area contributed by atoms with Crippen molar-refractivity contribution in [2.45, 2.75) is 32.7 Å². The van der Waals surface area contributed by atoms with Gasteiger partial charge in [0, 0.05) is 31.6 Å². The highest BCUT2D eigenvalue weighted by molar-refractivity contribution is 5.10. The van der Waals surface area contributed by atoms with Gasteiger partial charge in [0.2, 0.25) is 0 Å². The van der Waals surface area contributed by atoms with Gasteiger partial charge in [0.15, 0.2) is 0 Å². The summed E-state index contributed by atoms with van der Waals surface area (Å²) in [5, 5.41) is 3.48. The van der Waals surface area contributed by atoms with Crippen molar-refractivity contribution in [1.29, 1.82) is 0 Å². The number of rotatable bonds is 8. The Morgan fingerprint density at radius 3 is 2.94 bits per heavy atom. The van der Waals surface area contributed by atoms with Crippen LogP contribution in [0.1, 0.15) is 25.8 Å². The molecule has 1 aromatic heterocycles. The molecule has 0 bridgehead atoms. The van der Waals surface area contributed by atoms with Gasteiger partial charge < -0.3 is 10.1 Å². The van der Waals surface area contributed by atoms with Crippen LogP contribution in [0.3, 0.4) is 0 Å². The number of likely N-dealkylation sites (N-methyl/N-ethyl adjacent to an activating group) is 1. The molecule has 0 aliphatic heterocycles. The van der Waals surface area contributed by atoms with Crippen molar-refractivity contribution in [3.05, 3.63) is 30.1 Å². The van der Waals surface area contributed by atoms with Crippen LogP contribution in [0.25, 0.3) is 0 Å². The van der Waals surface area contributed by atoms with Gasteiger partial charge in [-0.25, -0.2) is 0 Å². The third-order valence-electron chi connectivity index (χ3n) is 2.51. The highest BCUT2D eigenvalue weighted by Crippen LogP contribution is 2.04. The number of nitrogens with one attached hydrogen (secondary N) is 1. The maximum atomic E-state index is 5.39. The number of hydrogen-bond donors (Lipinski definition) is 1. The van der Waals surface area contributed by atoms with Crippen molar-refractivity contribution < 1.29 is 4.74 Å². The Labute approximate surface area is 98.2 Å². The number of aromatic nitrogens is 1. The Balaban J connectivity index is 2.38. The Morgan fingerprint density at radius 2 is 2.31 bits per heavy atom. The minimum atomic E-state index is 0.487. The molecule has 3 nitrogen and oxygen atoms in total. The van der Waals surface area contributed by atoms with E-state index in [-0.39, 0.29) is 0 Å². The highest BCUT2D eigenvalue weighted by Gasteiger charge is 2.07. The summed E-state index contributed by atoms with van der Waals surface area (Å²) < 4.78 is 5.39. The number of ether oxygens (including phenoxy) is 1. The summed E-state index contributed by atoms with van der Waals surface area (Å²) in [7, 11) is 0. The first kappa shape index (κ1) is 13.1. The van der Waals surface area contributed by atoms with E-state index < -0.39 is 0 Å². The van der Waals surface area contributed by atoms with Crippen molar-refractivity contribution in [3.63, 3.8) is 0 Å². The van der Waals surface area contributed by atoms with Crippen molar-refractivity contribution >= 4 is 0 Å². The second-order valence-electron chi connectivity index (χ2n) is 3.81. The molecular formula is C13H22N2O. The van der Waals surface area contributed by atoms with Crippen molar-refractivity contribution in [3.8, 4) is 0 Å². The van der Waals surface area contributed by atoms with Gasteiger partial charge in [0.25, 0.3) is 0 Å². The average Bonchev–Trinajstić information content (AvgIpc) is 2.31. The Morgan fingerprint density at radius 1 is 1.44 bits per heavy atom. The van der Waals surface area contributed by atoms with Crippen molar-refractivity contribution in [2.75, 3.05) is 19.8 Å². The van der Waals surface area contributed by atoms with Crippen LogP contribution < -0.4 is 5.32 Å². The van der Waals surface area contributed by atoms with E-state index in [0.29, 0.717) is 6.04 Å². The predicted octanol–water partition coefficient (Wildman–Crippen LogP) is 2.03. The summed E-state index contributed by atoms with van der Waals surface area (Å²) in [6, 6.07) is 4.60. The molecule has 0 amide bonds. The van der Waals surface area contributed by atoms with Crippen LogP contribution in [-0.2, 0) is 11.2 Å². The number of hydrogen-bond acceptors (Lipinski definition) is 3. The molecule has 1 atom stereocenters. The molecule has 0 saturated carbocycles. The lowest BCUT2D eigenvalue weighted by atomic mass is 10.1. The third-order valence-corrected chi connectivity index (χ3v) is 2.51. The van der Waals surface area contributed by atoms with E-state index in [0.717, 1.165) is 32.6 Å². The third kappa shape index (κ3) is 5.24. The zero-order valence-corrected chi connectivity index (χ0v) is 10.3. The SMILES string of the molecule is CCNC(CCOCC)Cc1cccnc1. The van der Waals surface area contributed by atoms with Gasteiger partial charge in [-0.1, -0.05) is 13.0 Å². The molecule has 16 heavy (non-hydrogen) atoms. The largest absolute Gasteiger partial charge is 0.382 e. The fraction of sp³-hybridized carbons (Fsp3) is 0.615. The van der Waals surface area contributed by atoms with Gasteiger partial charge in [-0.15, -0.1) is 0 Å². The fourth-order valence-corrected chi connectivity index (χ4v) is 1.74. The Bertz CT molecular complexity index is 264. The molecule has 0 radical (unpaired) electrons. The lowest BCUT2D eigenvalue weighted by Crippen LogP contribution is -2.32. The summed E-state index contributed by atoms with van der Waals surface area (Å²) >= 11 is 0. The Kier molecular flexibility index (Phi) is 6.77. The Hall–Kier alpha value is -0.930. The smallest absolute Gasteiger partial charge is 0.0480 e. The minimum Gasteiger partial charge on any atom is -0.382 e. The predicted molar refractivity (Wildman–Crippen MR) is 66.5 cm³/mol. The number of nitrogens with zero attached hydrogens (tertiary/aromatic N) is 1. The molecule has 1 N–H and O–H groups in total. The molecule has 1 unspecified atom stereocenters. The fourth-order valence-electron chi connectivity index (χ4n) is 1.74. The van der Waals surface area contributed by atoms with Crippen molar-refractivity contribution in [2.24, 2.45) is 0 Å². The summed E-state index contributed by atoms with van der Waals surface area (Å²) in [5.74, 6) is 0. The normalized spacial score (nSPS) is 12.6. The molecule has 0 spiro atoms. The van der Waals surface area contributed by atoms with Gasteiger partial charge >= 0.3 is 0 Å².